The Hall–Kier alpha value is -1.59. The molecule has 6 heteroatoms. The van der Waals surface area contributed by atoms with Gasteiger partial charge in [0.25, 0.3) is 0 Å². The molecular weight excluding hydrogens is 298 g/mol. The average molecular weight is 325 g/mol. The summed E-state index contributed by atoms with van der Waals surface area (Å²) in [5.74, 6) is -1.51. The zero-order chi connectivity index (χ0) is 17.2. The normalized spacial score (nSPS) is 27.8. The number of methoxy groups -OCH3 is 1. The van der Waals surface area contributed by atoms with Crippen LogP contribution in [0.5, 0.6) is 0 Å². The van der Waals surface area contributed by atoms with E-state index in [-0.39, 0.29) is 29.7 Å². The van der Waals surface area contributed by atoms with E-state index in [9.17, 15) is 14.4 Å². The Labute approximate surface area is 137 Å². The van der Waals surface area contributed by atoms with E-state index >= 15 is 0 Å². The van der Waals surface area contributed by atoms with Gasteiger partial charge in [0, 0.05) is 6.54 Å². The molecule has 0 radical (unpaired) electrons. The fourth-order valence-corrected chi connectivity index (χ4v) is 3.25. The summed E-state index contributed by atoms with van der Waals surface area (Å²) >= 11 is 0. The number of nitrogens with zero attached hydrogens (tertiary/aromatic N) is 1. The predicted octanol–water partition coefficient (Wildman–Crippen LogP) is 1.91. The molecule has 1 amide bonds. The van der Waals surface area contributed by atoms with Crippen LogP contribution in [0.25, 0.3) is 0 Å². The van der Waals surface area contributed by atoms with Crippen molar-refractivity contribution in [1.82, 2.24) is 4.90 Å². The summed E-state index contributed by atoms with van der Waals surface area (Å²) in [6, 6.07) is -0.533. The SMILES string of the molecule is COC(=O)[C@@H]1CC[C@@H]1C(=O)N1CCCC[C@H]1C(=O)OC(C)(C)C. The van der Waals surface area contributed by atoms with Crippen LogP contribution in [-0.4, -0.2) is 48.0 Å². The molecule has 1 heterocycles. The van der Waals surface area contributed by atoms with Gasteiger partial charge >= 0.3 is 11.9 Å². The summed E-state index contributed by atoms with van der Waals surface area (Å²) in [7, 11) is 1.34. The van der Waals surface area contributed by atoms with Crippen LogP contribution in [-0.2, 0) is 23.9 Å². The molecule has 0 unspecified atom stereocenters. The van der Waals surface area contributed by atoms with Crippen LogP contribution < -0.4 is 0 Å². The number of carbonyl (C=O) groups is 3. The first-order chi connectivity index (χ1) is 10.7. The van der Waals surface area contributed by atoms with Gasteiger partial charge in [-0.15, -0.1) is 0 Å². The largest absolute Gasteiger partial charge is 0.469 e. The molecular formula is C17H27NO5. The van der Waals surface area contributed by atoms with Crippen molar-refractivity contribution in [3.63, 3.8) is 0 Å². The molecule has 0 aromatic rings. The lowest BCUT2D eigenvalue weighted by Crippen LogP contribution is -2.55. The summed E-state index contributed by atoms with van der Waals surface area (Å²) in [5, 5.41) is 0. The van der Waals surface area contributed by atoms with Gasteiger partial charge < -0.3 is 14.4 Å². The highest BCUT2D eigenvalue weighted by Gasteiger charge is 2.46. The van der Waals surface area contributed by atoms with Gasteiger partial charge in [0.05, 0.1) is 18.9 Å². The molecule has 2 fully saturated rings. The maximum Gasteiger partial charge on any atom is 0.329 e. The van der Waals surface area contributed by atoms with E-state index in [0.717, 1.165) is 12.8 Å². The number of piperidine rings is 1. The molecule has 6 nitrogen and oxygen atoms in total. The fraction of sp³-hybridized carbons (Fsp3) is 0.824. The maximum atomic E-state index is 12.8. The number of rotatable bonds is 3. The summed E-state index contributed by atoms with van der Waals surface area (Å²) in [4.78, 5) is 38.6. The summed E-state index contributed by atoms with van der Waals surface area (Å²) in [5.41, 5.74) is -0.575. The molecule has 0 aromatic heterocycles. The highest BCUT2D eigenvalue weighted by Crippen LogP contribution is 2.38. The number of amides is 1. The molecule has 3 atom stereocenters. The number of hydrogen-bond acceptors (Lipinski definition) is 5. The van der Waals surface area contributed by atoms with Gasteiger partial charge in [0.2, 0.25) is 5.91 Å². The highest BCUT2D eigenvalue weighted by atomic mass is 16.6. The van der Waals surface area contributed by atoms with Crippen LogP contribution >= 0.6 is 0 Å². The molecule has 2 rings (SSSR count). The van der Waals surface area contributed by atoms with Gasteiger partial charge in [0.15, 0.2) is 0 Å². The van der Waals surface area contributed by atoms with Gasteiger partial charge in [-0.25, -0.2) is 4.79 Å². The van der Waals surface area contributed by atoms with Crippen LogP contribution in [0.1, 0.15) is 52.9 Å². The number of hydrogen-bond donors (Lipinski definition) is 0. The Bertz CT molecular complexity index is 482. The fourth-order valence-electron chi connectivity index (χ4n) is 3.25. The monoisotopic (exact) mass is 325 g/mol. The second-order valence-electron chi connectivity index (χ2n) is 7.39. The minimum Gasteiger partial charge on any atom is -0.469 e. The maximum absolute atomic E-state index is 12.8. The van der Waals surface area contributed by atoms with Crippen molar-refractivity contribution in [2.45, 2.75) is 64.5 Å². The van der Waals surface area contributed by atoms with Crippen LogP contribution in [0, 0.1) is 11.8 Å². The van der Waals surface area contributed by atoms with Crippen LogP contribution in [0.3, 0.4) is 0 Å². The smallest absolute Gasteiger partial charge is 0.329 e. The van der Waals surface area contributed by atoms with Gasteiger partial charge in [0.1, 0.15) is 11.6 Å². The Morgan fingerprint density at radius 2 is 1.61 bits per heavy atom. The van der Waals surface area contributed by atoms with Crippen molar-refractivity contribution in [1.29, 1.82) is 0 Å². The third-order valence-corrected chi connectivity index (χ3v) is 4.56. The van der Waals surface area contributed by atoms with Gasteiger partial charge in [-0.2, -0.15) is 0 Å². The standard InChI is InChI=1S/C17H27NO5/c1-17(2,3)23-16(21)13-7-5-6-10-18(13)14(19)11-8-9-12(11)15(20)22-4/h11-13H,5-10H2,1-4H3/t11-,12+,13-/m0/s1. The van der Waals surface area contributed by atoms with Crippen molar-refractivity contribution in [3.05, 3.63) is 0 Å². The Morgan fingerprint density at radius 3 is 2.13 bits per heavy atom. The third-order valence-electron chi connectivity index (χ3n) is 4.56. The van der Waals surface area contributed by atoms with E-state index in [4.69, 9.17) is 9.47 Å². The molecule has 2 aliphatic rings. The number of carbonyl (C=O) groups excluding carboxylic acids is 3. The second-order valence-corrected chi connectivity index (χ2v) is 7.39. The lowest BCUT2D eigenvalue weighted by atomic mass is 9.72. The molecule has 130 valence electrons. The lowest BCUT2D eigenvalue weighted by Gasteiger charge is -2.41. The molecule has 23 heavy (non-hydrogen) atoms. The van der Waals surface area contributed by atoms with E-state index < -0.39 is 11.6 Å². The minimum absolute atomic E-state index is 0.109. The van der Waals surface area contributed by atoms with Gasteiger partial charge in [-0.05, 0) is 52.9 Å². The van der Waals surface area contributed by atoms with Crippen molar-refractivity contribution in [2.24, 2.45) is 11.8 Å². The van der Waals surface area contributed by atoms with Crippen molar-refractivity contribution in [2.75, 3.05) is 13.7 Å². The first kappa shape index (κ1) is 17.8. The minimum atomic E-state index is -0.575. The average Bonchev–Trinajstić information content (AvgIpc) is 2.44. The Kier molecular flexibility index (Phi) is 5.32. The van der Waals surface area contributed by atoms with Gasteiger partial charge in [-0.3, -0.25) is 9.59 Å². The first-order valence-corrected chi connectivity index (χ1v) is 8.36. The van der Waals surface area contributed by atoms with E-state index in [0.29, 0.717) is 25.8 Å². The number of likely N-dealkylation sites (tertiary alicyclic amines) is 1. The third kappa shape index (κ3) is 4.03. The predicted molar refractivity (Wildman–Crippen MR) is 83.4 cm³/mol. The molecule has 0 spiro atoms. The molecule has 0 bridgehead atoms. The summed E-state index contributed by atoms with van der Waals surface area (Å²) < 4.78 is 10.2. The Morgan fingerprint density at radius 1 is 0.957 bits per heavy atom. The van der Waals surface area contributed by atoms with E-state index in [1.165, 1.54) is 7.11 Å². The van der Waals surface area contributed by atoms with Crippen LogP contribution in [0.15, 0.2) is 0 Å². The number of ether oxygens (including phenoxy) is 2. The molecule has 1 aliphatic carbocycles. The lowest BCUT2D eigenvalue weighted by molar-refractivity contribution is -0.170. The van der Waals surface area contributed by atoms with Gasteiger partial charge in [-0.1, -0.05) is 0 Å². The van der Waals surface area contributed by atoms with Crippen molar-refractivity contribution >= 4 is 17.8 Å². The molecule has 0 N–H and O–H groups in total. The molecule has 1 saturated heterocycles. The molecule has 0 aromatic carbocycles. The quantitative estimate of drug-likeness (QED) is 0.741. The molecule has 1 aliphatic heterocycles. The number of esters is 2. The Balaban J connectivity index is 2.07. The summed E-state index contributed by atoms with van der Waals surface area (Å²) in [6.07, 6.45) is 3.75. The second kappa shape index (κ2) is 6.89. The zero-order valence-corrected chi connectivity index (χ0v) is 14.5. The first-order valence-electron chi connectivity index (χ1n) is 8.36. The van der Waals surface area contributed by atoms with Crippen LogP contribution in [0.4, 0.5) is 0 Å². The summed E-state index contributed by atoms with van der Waals surface area (Å²) in [6.45, 7) is 6.00. The van der Waals surface area contributed by atoms with Crippen LogP contribution in [0.2, 0.25) is 0 Å². The van der Waals surface area contributed by atoms with Crippen molar-refractivity contribution < 1.29 is 23.9 Å². The van der Waals surface area contributed by atoms with E-state index in [1.54, 1.807) is 4.90 Å². The molecule has 1 saturated carbocycles. The van der Waals surface area contributed by atoms with Crippen molar-refractivity contribution in [3.8, 4) is 0 Å². The highest BCUT2D eigenvalue weighted by molar-refractivity contribution is 5.90. The van der Waals surface area contributed by atoms with E-state index in [1.807, 2.05) is 20.8 Å². The topological polar surface area (TPSA) is 72.9 Å². The zero-order valence-electron chi connectivity index (χ0n) is 14.5. The van der Waals surface area contributed by atoms with E-state index in [2.05, 4.69) is 0 Å².